The molecule has 1 aromatic carbocycles. The van der Waals surface area contributed by atoms with Crippen molar-refractivity contribution in [3.8, 4) is 5.75 Å². The molecule has 0 aromatic heterocycles. The molecular formula is C13H16O2. The fourth-order valence-electron chi connectivity index (χ4n) is 1.89. The summed E-state index contributed by atoms with van der Waals surface area (Å²) < 4.78 is 5.62. The second kappa shape index (κ2) is 3.37. The van der Waals surface area contributed by atoms with Gasteiger partial charge in [-0.05, 0) is 38.0 Å². The molecule has 0 saturated heterocycles. The first-order valence-electron chi connectivity index (χ1n) is 5.29. The van der Waals surface area contributed by atoms with Crippen LogP contribution in [0, 0.1) is 0 Å². The Bertz CT molecular complexity index is 394. The van der Waals surface area contributed by atoms with Gasteiger partial charge in [-0.3, -0.25) is 0 Å². The highest BCUT2D eigenvalue weighted by atomic mass is 16.5. The number of hydrogen-bond donors (Lipinski definition) is 0. The minimum Gasteiger partial charge on any atom is -0.490 e. The normalized spacial score (nSPS) is 19.5. The smallest absolute Gasteiger partial charge is 0.129 e. The molecule has 0 fully saturated rings. The molecule has 0 aliphatic carbocycles. The van der Waals surface area contributed by atoms with E-state index in [0.717, 1.165) is 24.0 Å². The zero-order valence-corrected chi connectivity index (χ0v) is 9.41. The summed E-state index contributed by atoms with van der Waals surface area (Å²) in [6.07, 6.45) is 2.20. The summed E-state index contributed by atoms with van der Waals surface area (Å²) in [5.74, 6) is 0.966. The second-order valence-corrected chi connectivity index (χ2v) is 4.79. The zero-order chi connectivity index (χ0) is 11.1. The van der Waals surface area contributed by atoms with E-state index in [1.165, 1.54) is 5.56 Å². The maximum atomic E-state index is 11.0. The number of ether oxygens (including phenoxy) is 1. The Morgan fingerprint density at radius 1 is 1.47 bits per heavy atom. The SMILES string of the molecule is CC1Cc2cc(C(C)(C)C=O)ccc2O1. The molecule has 2 nitrogen and oxygen atoms in total. The molecule has 0 saturated carbocycles. The van der Waals surface area contributed by atoms with Crippen molar-refractivity contribution in [2.24, 2.45) is 0 Å². The van der Waals surface area contributed by atoms with Gasteiger partial charge in [0.2, 0.25) is 0 Å². The Kier molecular flexibility index (Phi) is 2.29. The first-order valence-corrected chi connectivity index (χ1v) is 5.29. The Labute approximate surface area is 90.3 Å². The lowest BCUT2D eigenvalue weighted by atomic mass is 9.85. The van der Waals surface area contributed by atoms with Gasteiger partial charge in [-0.1, -0.05) is 12.1 Å². The summed E-state index contributed by atoms with van der Waals surface area (Å²) in [6.45, 7) is 5.92. The lowest BCUT2D eigenvalue weighted by molar-refractivity contribution is -0.111. The van der Waals surface area contributed by atoms with Crippen LogP contribution < -0.4 is 4.74 Å². The summed E-state index contributed by atoms with van der Waals surface area (Å²) >= 11 is 0. The topological polar surface area (TPSA) is 26.3 Å². The largest absolute Gasteiger partial charge is 0.490 e. The fraction of sp³-hybridized carbons (Fsp3) is 0.462. The van der Waals surface area contributed by atoms with E-state index in [-0.39, 0.29) is 6.10 Å². The molecule has 1 unspecified atom stereocenters. The van der Waals surface area contributed by atoms with E-state index in [1.807, 2.05) is 26.0 Å². The van der Waals surface area contributed by atoms with Gasteiger partial charge in [-0.2, -0.15) is 0 Å². The Hall–Kier alpha value is -1.31. The van der Waals surface area contributed by atoms with Crippen LogP contribution in [0.4, 0.5) is 0 Å². The number of rotatable bonds is 2. The van der Waals surface area contributed by atoms with E-state index in [2.05, 4.69) is 13.0 Å². The van der Waals surface area contributed by atoms with Crippen LogP contribution in [0.15, 0.2) is 18.2 Å². The number of carbonyl (C=O) groups is 1. The first kappa shape index (κ1) is 10.2. The molecule has 0 spiro atoms. The van der Waals surface area contributed by atoms with Crippen LogP contribution in [0.25, 0.3) is 0 Å². The summed E-state index contributed by atoms with van der Waals surface area (Å²) in [4.78, 5) is 11.0. The van der Waals surface area contributed by atoms with Crippen molar-refractivity contribution in [2.75, 3.05) is 0 Å². The molecular weight excluding hydrogens is 188 g/mol. The lowest BCUT2D eigenvalue weighted by Gasteiger charge is -2.17. The number of aldehydes is 1. The van der Waals surface area contributed by atoms with Gasteiger partial charge in [0.25, 0.3) is 0 Å². The van der Waals surface area contributed by atoms with Gasteiger partial charge >= 0.3 is 0 Å². The molecule has 0 radical (unpaired) electrons. The highest BCUT2D eigenvalue weighted by Gasteiger charge is 2.24. The highest BCUT2D eigenvalue weighted by molar-refractivity contribution is 5.67. The van der Waals surface area contributed by atoms with E-state index in [0.29, 0.717) is 0 Å². The van der Waals surface area contributed by atoms with Crippen LogP contribution in [0.1, 0.15) is 31.9 Å². The van der Waals surface area contributed by atoms with Crippen molar-refractivity contribution < 1.29 is 9.53 Å². The maximum Gasteiger partial charge on any atom is 0.129 e. The van der Waals surface area contributed by atoms with Gasteiger partial charge in [-0.25, -0.2) is 0 Å². The van der Waals surface area contributed by atoms with Crippen molar-refractivity contribution in [2.45, 2.75) is 38.7 Å². The molecule has 2 rings (SSSR count). The number of carbonyl (C=O) groups excluding carboxylic acids is 1. The average molecular weight is 204 g/mol. The van der Waals surface area contributed by atoms with Crippen molar-refractivity contribution in [1.82, 2.24) is 0 Å². The number of hydrogen-bond acceptors (Lipinski definition) is 2. The molecule has 80 valence electrons. The maximum absolute atomic E-state index is 11.0. The molecule has 1 aliphatic rings. The summed E-state index contributed by atoms with van der Waals surface area (Å²) in [7, 11) is 0. The van der Waals surface area contributed by atoms with Crippen molar-refractivity contribution in [3.05, 3.63) is 29.3 Å². The Morgan fingerprint density at radius 3 is 2.87 bits per heavy atom. The predicted octanol–water partition coefficient (Wildman–Crippen LogP) is 2.49. The molecule has 0 bridgehead atoms. The zero-order valence-electron chi connectivity index (χ0n) is 9.41. The van der Waals surface area contributed by atoms with Gasteiger partial charge in [-0.15, -0.1) is 0 Å². The van der Waals surface area contributed by atoms with E-state index in [1.54, 1.807) is 0 Å². The van der Waals surface area contributed by atoms with Crippen LogP contribution in [0.2, 0.25) is 0 Å². The third-order valence-electron chi connectivity index (χ3n) is 2.93. The summed E-state index contributed by atoms with van der Waals surface area (Å²) in [5.41, 5.74) is 1.88. The summed E-state index contributed by atoms with van der Waals surface area (Å²) in [6, 6.07) is 6.04. The number of benzene rings is 1. The minimum absolute atomic E-state index is 0.259. The number of fused-ring (bicyclic) bond motifs is 1. The van der Waals surface area contributed by atoms with E-state index in [9.17, 15) is 4.79 Å². The molecule has 1 atom stereocenters. The average Bonchev–Trinajstić information content (AvgIpc) is 2.56. The summed E-state index contributed by atoms with van der Waals surface area (Å²) in [5, 5.41) is 0. The molecule has 0 N–H and O–H groups in total. The molecule has 0 amide bonds. The fourth-order valence-corrected chi connectivity index (χ4v) is 1.89. The van der Waals surface area contributed by atoms with Gasteiger partial charge in [0.05, 0.1) is 0 Å². The van der Waals surface area contributed by atoms with Gasteiger partial charge < -0.3 is 9.53 Å². The highest BCUT2D eigenvalue weighted by Crippen LogP contribution is 2.32. The Morgan fingerprint density at radius 2 is 2.20 bits per heavy atom. The Balaban J connectivity index is 2.39. The van der Waals surface area contributed by atoms with Crippen LogP contribution in [-0.2, 0) is 16.6 Å². The van der Waals surface area contributed by atoms with Crippen LogP contribution in [-0.4, -0.2) is 12.4 Å². The van der Waals surface area contributed by atoms with Crippen molar-refractivity contribution in [1.29, 1.82) is 0 Å². The monoisotopic (exact) mass is 204 g/mol. The van der Waals surface area contributed by atoms with Gasteiger partial charge in [0.15, 0.2) is 0 Å². The lowest BCUT2D eigenvalue weighted by Crippen LogP contribution is -2.18. The second-order valence-electron chi connectivity index (χ2n) is 4.79. The third-order valence-corrected chi connectivity index (χ3v) is 2.93. The van der Waals surface area contributed by atoms with Crippen molar-refractivity contribution in [3.63, 3.8) is 0 Å². The van der Waals surface area contributed by atoms with E-state index < -0.39 is 5.41 Å². The van der Waals surface area contributed by atoms with Crippen LogP contribution >= 0.6 is 0 Å². The first-order chi connectivity index (χ1) is 7.03. The quantitative estimate of drug-likeness (QED) is 0.692. The standard InChI is InChI=1S/C13H16O2/c1-9-6-10-7-11(13(2,3)8-14)4-5-12(10)15-9/h4-5,7-9H,6H2,1-3H3. The molecule has 2 heteroatoms. The molecule has 1 aromatic rings. The third kappa shape index (κ3) is 1.76. The molecule has 1 heterocycles. The minimum atomic E-state index is -0.402. The molecule has 15 heavy (non-hydrogen) atoms. The van der Waals surface area contributed by atoms with E-state index >= 15 is 0 Å². The van der Waals surface area contributed by atoms with Crippen LogP contribution in [0.3, 0.4) is 0 Å². The van der Waals surface area contributed by atoms with E-state index in [4.69, 9.17) is 4.74 Å². The van der Waals surface area contributed by atoms with Gasteiger partial charge in [0.1, 0.15) is 18.1 Å². The predicted molar refractivity (Wildman–Crippen MR) is 59.3 cm³/mol. The van der Waals surface area contributed by atoms with Gasteiger partial charge in [0, 0.05) is 11.8 Å². The molecule has 1 aliphatic heterocycles. The van der Waals surface area contributed by atoms with Crippen LogP contribution in [0.5, 0.6) is 5.75 Å². The van der Waals surface area contributed by atoms with Crippen molar-refractivity contribution >= 4 is 6.29 Å².